The van der Waals surface area contributed by atoms with E-state index in [9.17, 15) is 0 Å². The molecule has 1 aromatic rings. The van der Waals surface area contributed by atoms with Gasteiger partial charge >= 0.3 is 0 Å². The highest BCUT2D eigenvalue weighted by Crippen LogP contribution is 2.40. The molecule has 4 nitrogen and oxygen atoms in total. The number of piperidine rings is 1. The van der Waals surface area contributed by atoms with Gasteiger partial charge in [0, 0.05) is 43.1 Å². The highest BCUT2D eigenvalue weighted by molar-refractivity contribution is 5.69. The van der Waals surface area contributed by atoms with E-state index < -0.39 is 0 Å². The van der Waals surface area contributed by atoms with Gasteiger partial charge in [-0.25, -0.2) is 0 Å². The van der Waals surface area contributed by atoms with Crippen LogP contribution in [0.25, 0.3) is 5.70 Å². The standard InChI is InChI=1S/C26H38N4/c1-6-28-26(21(4)27-5,23-12-14-29(15-13-23)24-8-7-9-24)18-30-17-22-16-19(2)10-11-25(22)20(30)3/h6,10-11,16,23-24,27-28H,1,3-4,7-9,12-15,17-18H2,2,5H3. The molecule has 2 fully saturated rings. The van der Waals surface area contributed by atoms with Crippen molar-refractivity contribution in [2.75, 3.05) is 26.7 Å². The van der Waals surface area contributed by atoms with E-state index >= 15 is 0 Å². The number of nitrogens with zero attached hydrogens (tertiary/aromatic N) is 2. The summed E-state index contributed by atoms with van der Waals surface area (Å²) in [4.78, 5) is 5.15. The van der Waals surface area contributed by atoms with Gasteiger partial charge < -0.3 is 20.4 Å². The van der Waals surface area contributed by atoms with E-state index in [4.69, 9.17) is 0 Å². The Labute approximate surface area is 182 Å². The third-order valence-corrected chi connectivity index (χ3v) is 7.77. The first-order valence-corrected chi connectivity index (χ1v) is 11.5. The summed E-state index contributed by atoms with van der Waals surface area (Å²) >= 11 is 0. The van der Waals surface area contributed by atoms with E-state index in [0.717, 1.165) is 30.5 Å². The van der Waals surface area contributed by atoms with E-state index in [2.05, 4.69) is 65.3 Å². The summed E-state index contributed by atoms with van der Waals surface area (Å²) in [5, 5.41) is 7.06. The second-order valence-electron chi connectivity index (χ2n) is 9.41. The van der Waals surface area contributed by atoms with E-state index in [1.165, 1.54) is 61.9 Å². The molecule has 0 aromatic heterocycles. The van der Waals surface area contributed by atoms with Gasteiger partial charge in [-0.05, 0) is 63.4 Å². The van der Waals surface area contributed by atoms with Crippen LogP contribution in [-0.2, 0) is 6.54 Å². The summed E-state index contributed by atoms with van der Waals surface area (Å²) in [6, 6.07) is 7.54. The third kappa shape index (κ3) is 3.66. The SMILES string of the molecule is C=CNC(CN1Cc2cc(C)ccc2C1=C)(C(=C)NC)C1CCN(C2CCC2)CC1. The second kappa shape index (κ2) is 8.50. The predicted molar refractivity (Wildman–Crippen MR) is 127 cm³/mol. The van der Waals surface area contributed by atoms with Crippen molar-refractivity contribution >= 4 is 5.70 Å². The first-order valence-electron chi connectivity index (χ1n) is 11.5. The van der Waals surface area contributed by atoms with Crippen LogP contribution >= 0.6 is 0 Å². The van der Waals surface area contributed by atoms with Crippen LogP contribution in [-0.4, -0.2) is 48.1 Å². The number of benzene rings is 1. The fourth-order valence-electron chi connectivity index (χ4n) is 5.69. The molecule has 1 aliphatic carbocycles. The quantitative estimate of drug-likeness (QED) is 0.676. The molecule has 1 saturated carbocycles. The van der Waals surface area contributed by atoms with Crippen LogP contribution in [0.1, 0.15) is 48.8 Å². The highest BCUT2D eigenvalue weighted by atomic mass is 15.2. The molecule has 30 heavy (non-hydrogen) atoms. The molecular formula is C26H38N4. The van der Waals surface area contributed by atoms with E-state index in [-0.39, 0.29) is 5.54 Å². The Bertz CT molecular complexity index is 816. The smallest absolute Gasteiger partial charge is 0.0965 e. The summed E-state index contributed by atoms with van der Waals surface area (Å²) in [6.07, 6.45) is 8.40. The van der Waals surface area contributed by atoms with Gasteiger partial charge in [-0.3, -0.25) is 0 Å². The molecule has 0 spiro atoms. The lowest BCUT2D eigenvalue weighted by Gasteiger charge is -2.50. The third-order valence-electron chi connectivity index (χ3n) is 7.77. The molecule has 1 aromatic carbocycles. The first kappa shape index (κ1) is 21.0. The Morgan fingerprint density at radius 3 is 2.57 bits per heavy atom. The average molecular weight is 407 g/mol. The summed E-state index contributed by atoms with van der Waals surface area (Å²) < 4.78 is 0. The predicted octanol–water partition coefficient (Wildman–Crippen LogP) is 4.25. The van der Waals surface area contributed by atoms with E-state index in [1.807, 2.05) is 13.2 Å². The number of aryl methyl sites for hydroxylation is 1. The van der Waals surface area contributed by atoms with E-state index in [1.54, 1.807) is 0 Å². The molecule has 2 heterocycles. The summed E-state index contributed by atoms with van der Waals surface area (Å²) in [5.74, 6) is 0.505. The molecule has 4 heteroatoms. The van der Waals surface area contributed by atoms with Gasteiger partial charge in [0.25, 0.3) is 0 Å². The van der Waals surface area contributed by atoms with Crippen LogP contribution in [0.3, 0.4) is 0 Å². The summed E-state index contributed by atoms with van der Waals surface area (Å²) in [6.45, 7) is 19.2. The Hall–Kier alpha value is -2.20. The van der Waals surface area contributed by atoms with Crippen LogP contribution in [0.5, 0.6) is 0 Å². The zero-order valence-corrected chi connectivity index (χ0v) is 18.8. The van der Waals surface area contributed by atoms with Crippen LogP contribution < -0.4 is 10.6 Å². The van der Waals surface area contributed by atoms with Gasteiger partial charge in [0.15, 0.2) is 0 Å². The Kier molecular flexibility index (Phi) is 5.97. The molecule has 0 radical (unpaired) electrons. The maximum Gasteiger partial charge on any atom is 0.0965 e. The van der Waals surface area contributed by atoms with Crippen LogP contribution in [0.15, 0.2) is 49.8 Å². The average Bonchev–Trinajstić information content (AvgIpc) is 3.00. The van der Waals surface area contributed by atoms with Crippen LogP contribution in [0.2, 0.25) is 0 Å². The van der Waals surface area contributed by atoms with Gasteiger partial charge in [-0.1, -0.05) is 49.9 Å². The van der Waals surface area contributed by atoms with Crippen molar-refractivity contribution in [1.82, 2.24) is 20.4 Å². The van der Waals surface area contributed by atoms with Crippen molar-refractivity contribution in [3.05, 3.63) is 66.5 Å². The molecule has 0 amide bonds. The molecule has 4 rings (SSSR count). The molecule has 1 saturated heterocycles. The highest BCUT2D eigenvalue weighted by Gasteiger charge is 2.45. The van der Waals surface area contributed by atoms with Gasteiger partial charge in [0.05, 0.1) is 5.54 Å². The Morgan fingerprint density at radius 2 is 1.97 bits per heavy atom. The molecule has 162 valence electrons. The number of hydrogen-bond acceptors (Lipinski definition) is 4. The van der Waals surface area contributed by atoms with Gasteiger partial charge in [0.2, 0.25) is 0 Å². The van der Waals surface area contributed by atoms with Gasteiger partial charge in [0.1, 0.15) is 0 Å². The molecule has 2 aliphatic heterocycles. The van der Waals surface area contributed by atoms with Crippen molar-refractivity contribution in [3.63, 3.8) is 0 Å². The number of fused-ring (bicyclic) bond motifs is 1. The largest absolute Gasteiger partial charge is 0.390 e. The molecule has 1 atom stereocenters. The van der Waals surface area contributed by atoms with Crippen molar-refractivity contribution in [2.24, 2.45) is 5.92 Å². The maximum atomic E-state index is 4.46. The van der Waals surface area contributed by atoms with Crippen molar-refractivity contribution in [2.45, 2.75) is 57.2 Å². The zero-order valence-electron chi connectivity index (χ0n) is 18.8. The molecule has 1 unspecified atom stereocenters. The Balaban J connectivity index is 1.56. The van der Waals surface area contributed by atoms with Crippen molar-refractivity contribution < 1.29 is 0 Å². The monoisotopic (exact) mass is 406 g/mol. The summed E-state index contributed by atoms with van der Waals surface area (Å²) in [7, 11) is 1.99. The molecule has 3 aliphatic rings. The normalized spacial score (nSPS) is 22.2. The number of rotatable bonds is 8. The lowest BCUT2D eigenvalue weighted by Crippen LogP contribution is -2.61. The van der Waals surface area contributed by atoms with Gasteiger partial charge in [-0.15, -0.1) is 0 Å². The molecule has 2 N–H and O–H groups in total. The number of nitrogens with one attached hydrogen (secondary N) is 2. The van der Waals surface area contributed by atoms with Crippen molar-refractivity contribution in [3.8, 4) is 0 Å². The lowest BCUT2D eigenvalue weighted by atomic mass is 9.74. The fourth-order valence-corrected chi connectivity index (χ4v) is 5.69. The zero-order chi connectivity index (χ0) is 21.3. The number of likely N-dealkylation sites (N-methyl/N-ethyl adjacent to an activating group) is 1. The van der Waals surface area contributed by atoms with E-state index in [0.29, 0.717) is 5.92 Å². The van der Waals surface area contributed by atoms with Crippen molar-refractivity contribution in [1.29, 1.82) is 0 Å². The minimum absolute atomic E-state index is 0.262. The van der Waals surface area contributed by atoms with Crippen LogP contribution in [0.4, 0.5) is 0 Å². The molecular weight excluding hydrogens is 368 g/mol. The fraction of sp³-hybridized carbons (Fsp3) is 0.538. The number of likely N-dealkylation sites (tertiary alicyclic amines) is 1. The molecule has 0 bridgehead atoms. The number of hydrogen-bond donors (Lipinski definition) is 2. The Morgan fingerprint density at radius 1 is 1.23 bits per heavy atom. The minimum Gasteiger partial charge on any atom is -0.390 e. The van der Waals surface area contributed by atoms with Gasteiger partial charge in [-0.2, -0.15) is 0 Å². The van der Waals surface area contributed by atoms with Crippen LogP contribution in [0, 0.1) is 12.8 Å². The topological polar surface area (TPSA) is 30.5 Å². The minimum atomic E-state index is -0.262. The summed E-state index contributed by atoms with van der Waals surface area (Å²) in [5.41, 5.74) is 5.87. The maximum absolute atomic E-state index is 4.46. The second-order valence-corrected chi connectivity index (χ2v) is 9.41. The lowest BCUT2D eigenvalue weighted by molar-refractivity contribution is 0.0563. The first-order chi connectivity index (χ1) is 14.5.